The Hall–Kier alpha value is -2.40. The molecular weight excluding hydrogens is 359 g/mol. The van der Waals surface area contributed by atoms with Gasteiger partial charge in [0.2, 0.25) is 5.88 Å². The van der Waals surface area contributed by atoms with Gasteiger partial charge in [0.05, 0.1) is 5.69 Å². The number of rotatable bonds is 5. The van der Waals surface area contributed by atoms with Crippen LogP contribution in [0.25, 0.3) is 0 Å². The van der Waals surface area contributed by atoms with Crippen LogP contribution in [0.4, 0.5) is 4.39 Å². The highest BCUT2D eigenvalue weighted by atomic mass is 32.2. The van der Waals surface area contributed by atoms with Crippen molar-refractivity contribution in [3.8, 4) is 11.6 Å². The lowest BCUT2D eigenvalue weighted by Gasteiger charge is -2.19. The summed E-state index contributed by atoms with van der Waals surface area (Å²) in [5, 5.41) is 0.647. The highest BCUT2D eigenvalue weighted by Crippen LogP contribution is 2.30. The van der Waals surface area contributed by atoms with Crippen LogP contribution in [-0.4, -0.2) is 9.97 Å². The van der Waals surface area contributed by atoms with E-state index >= 15 is 0 Å². The van der Waals surface area contributed by atoms with Gasteiger partial charge >= 0.3 is 0 Å². The van der Waals surface area contributed by atoms with Gasteiger partial charge < -0.3 is 4.74 Å². The van der Waals surface area contributed by atoms with Crippen molar-refractivity contribution in [3.05, 3.63) is 77.2 Å². The van der Waals surface area contributed by atoms with E-state index in [9.17, 15) is 4.39 Å². The Kier molecular flexibility index (Phi) is 5.80. The Balaban J connectivity index is 1.83. The molecule has 1 heterocycles. The van der Waals surface area contributed by atoms with E-state index in [0.717, 1.165) is 17.0 Å². The first-order valence-electron chi connectivity index (χ1n) is 8.81. The van der Waals surface area contributed by atoms with E-state index in [0.29, 0.717) is 16.8 Å². The molecule has 0 aliphatic rings. The predicted octanol–water partition coefficient (Wildman–Crippen LogP) is 6.31. The monoisotopic (exact) mass is 382 g/mol. The lowest BCUT2D eigenvalue weighted by molar-refractivity contribution is 0.446. The zero-order valence-corrected chi connectivity index (χ0v) is 16.8. The summed E-state index contributed by atoms with van der Waals surface area (Å²) >= 11 is 1.51. The Morgan fingerprint density at radius 2 is 1.63 bits per heavy atom. The molecule has 0 saturated carbocycles. The van der Waals surface area contributed by atoms with Crippen molar-refractivity contribution in [1.82, 2.24) is 9.97 Å². The summed E-state index contributed by atoms with van der Waals surface area (Å²) in [6.07, 6.45) is 0. The number of hydrogen-bond acceptors (Lipinski definition) is 4. The number of benzene rings is 2. The highest BCUT2D eigenvalue weighted by molar-refractivity contribution is 7.98. The largest absolute Gasteiger partial charge is 0.439 e. The first-order chi connectivity index (χ1) is 12.8. The maximum Gasteiger partial charge on any atom is 0.223 e. The van der Waals surface area contributed by atoms with Crippen molar-refractivity contribution in [1.29, 1.82) is 0 Å². The molecule has 3 aromatic rings. The minimum absolute atomic E-state index is 0.125. The van der Waals surface area contributed by atoms with Crippen LogP contribution in [0.3, 0.4) is 0 Å². The molecule has 0 N–H and O–H groups in total. The standard InChI is InChI=1S/C22H23FN2OS/c1-15-5-11-18(12-6-15)26-20-13-19(22(2,3)4)24-21(25-20)27-14-16-7-9-17(23)10-8-16/h5-13H,14H2,1-4H3. The summed E-state index contributed by atoms with van der Waals surface area (Å²) in [5.74, 6) is 1.70. The molecule has 0 spiro atoms. The van der Waals surface area contributed by atoms with Crippen LogP contribution in [-0.2, 0) is 11.2 Å². The molecule has 3 nitrogen and oxygen atoms in total. The molecule has 0 amide bonds. The fraction of sp³-hybridized carbons (Fsp3) is 0.273. The van der Waals surface area contributed by atoms with Gasteiger partial charge in [0.25, 0.3) is 0 Å². The van der Waals surface area contributed by atoms with E-state index in [1.165, 1.54) is 29.5 Å². The summed E-state index contributed by atoms with van der Waals surface area (Å²) < 4.78 is 19.0. The third kappa shape index (κ3) is 5.54. The van der Waals surface area contributed by atoms with Gasteiger partial charge in [-0.1, -0.05) is 62.4 Å². The Morgan fingerprint density at radius 1 is 0.963 bits per heavy atom. The molecule has 0 aliphatic carbocycles. The quantitative estimate of drug-likeness (QED) is 0.383. The zero-order valence-electron chi connectivity index (χ0n) is 16.0. The normalized spacial score (nSPS) is 11.4. The molecule has 140 valence electrons. The van der Waals surface area contributed by atoms with Gasteiger partial charge in [-0.2, -0.15) is 4.98 Å². The maximum atomic E-state index is 13.1. The number of aryl methyl sites for hydroxylation is 1. The first-order valence-corrected chi connectivity index (χ1v) is 9.79. The summed E-state index contributed by atoms with van der Waals surface area (Å²) in [6.45, 7) is 8.37. The van der Waals surface area contributed by atoms with Crippen molar-refractivity contribution < 1.29 is 9.13 Å². The second-order valence-corrected chi connectivity index (χ2v) is 8.40. The second-order valence-electron chi connectivity index (χ2n) is 7.45. The molecule has 3 rings (SSSR count). The summed E-state index contributed by atoms with van der Waals surface area (Å²) in [5.41, 5.74) is 2.99. The van der Waals surface area contributed by atoms with Crippen LogP contribution < -0.4 is 4.74 Å². The van der Waals surface area contributed by atoms with Crippen LogP contribution in [0.5, 0.6) is 11.6 Å². The number of nitrogens with zero attached hydrogens (tertiary/aromatic N) is 2. The topological polar surface area (TPSA) is 35.0 Å². The minimum atomic E-state index is -0.233. The molecule has 27 heavy (non-hydrogen) atoms. The lowest BCUT2D eigenvalue weighted by atomic mass is 9.92. The van der Waals surface area contributed by atoms with Gasteiger partial charge in [0, 0.05) is 17.2 Å². The average molecular weight is 383 g/mol. The molecule has 0 bridgehead atoms. The smallest absolute Gasteiger partial charge is 0.223 e. The number of thioether (sulfide) groups is 1. The van der Waals surface area contributed by atoms with Gasteiger partial charge in [0.15, 0.2) is 5.16 Å². The van der Waals surface area contributed by atoms with E-state index in [1.54, 1.807) is 12.1 Å². The zero-order chi connectivity index (χ0) is 19.4. The molecule has 0 fully saturated rings. The summed E-state index contributed by atoms with van der Waals surface area (Å²) in [7, 11) is 0. The average Bonchev–Trinajstić information content (AvgIpc) is 2.62. The van der Waals surface area contributed by atoms with E-state index in [2.05, 4.69) is 25.8 Å². The van der Waals surface area contributed by atoms with Gasteiger partial charge in [-0.15, -0.1) is 0 Å². The lowest BCUT2D eigenvalue weighted by Crippen LogP contribution is -2.14. The number of halogens is 1. The van der Waals surface area contributed by atoms with E-state index < -0.39 is 0 Å². The predicted molar refractivity (Wildman–Crippen MR) is 108 cm³/mol. The van der Waals surface area contributed by atoms with Crippen LogP contribution >= 0.6 is 11.8 Å². The SMILES string of the molecule is Cc1ccc(Oc2cc(C(C)(C)C)nc(SCc3ccc(F)cc3)n2)cc1. The molecule has 0 radical (unpaired) electrons. The van der Waals surface area contributed by atoms with Crippen molar-refractivity contribution in [2.24, 2.45) is 0 Å². The van der Waals surface area contributed by atoms with E-state index in [1.807, 2.05) is 37.3 Å². The van der Waals surface area contributed by atoms with Crippen molar-refractivity contribution in [2.45, 2.75) is 44.0 Å². The van der Waals surface area contributed by atoms with Crippen LogP contribution in [0.2, 0.25) is 0 Å². The molecule has 2 aromatic carbocycles. The van der Waals surface area contributed by atoms with E-state index in [-0.39, 0.29) is 11.2 Å². The third-order valence-electron chi connectivity index (χ3n) is 3.98. The highest BCUT2D eigenvalue weighted by Gasteiger charge is 2.19. The Bertz CT molecular complexity index is 903. The minimum Gasteiger partial charge on any atom is -0.439 e. The second kappa shape index (κ2) is 8.09. The van der Waals surface area contributed by atoms with Gasteiger partial charge in [-0.3, -0.25) is 0 Å². The molecular formula is C22H23FN2OS. The van der Waals surface area contributed by atoms with Gasteiger partial charge in [0.1, 0.15) is 11.6 Å². The fourth-order valence-corrected chi connectivity index (χ4v) is 3.17. The molecule has 5 heteroatoms. The number of ether oxygens (including phenoxy) is 1. The third-order valence-corrected chi connectivity index (χ3v) is 4.89. The van der Waals surface area contributed by atoms with Crippen molar-refractivity contribution in [2.75, 3.05) is 0 Å². The van der Waals surface area contributed by atoms with Crippen LogP contribution in [0, 0.1) is 12.7 Å². The first kappa shape index (κ1) is 19.4. The molecule has 0 aliphatic heterocycles. The summed E-state index contributed by atoms with van der Waals surface area (Å²) in [6, 6.07) is 16.2. The van der Waals surface area contributed by atoms with Crippen LogP contribution in [0.15, 0.2) is 59.8 Å². The Labute approximate surface area is 164 Å². The Morgan fingerprint density at radius 3 is 2.26 bits per heavy atom. The molecule has 0 atom stereocenters. The molecule has 0 unspecified atom stereocenters. The summed E-state index contributed by atoms with van der Waals surface area (Å²) in [4.78, 5) is 9.24. The van der Waals surface area contributed by atoms with Gasteiger partial charge in [-0.25, -0.2) is 9.37 Å². The number of aromatic nitrogens is 2. The fourth-order valence-electron chi connectivity index (χ4n) is 2.36. The molecule has 0 saturated heterocycles. The van der Waals surface area contributed by atoms with E-state index in [4.69, 9.17) is 9.72 Å². The number of hydrogen-bond donors (Lipinski definition) is 0. The van der Waals surface area contributed by atoms with Crippen molar-refractivity contribution >= 4 is 11.8 Å². The van der Waals surface area contributed by atoms with Crippen molar-refractivity contribution in [3.63, 3.8) is 0 Å². The molecule has 1 aromatic heterocycles. The van der Waals surface area contributed by atoms with Crippen LogP contribution in [0.1, 0.15) is 37.6 Å². The van der Waals surface area contributed by atoms with Gasteiger partial charge in [-0.05, 0) is 36.8 Å². The maximum absolute atomic E-state index is 13.1.